The zero-order valence-corrected chi connectivity index (χ0v) is 14.0. The van der Waals surface area contributed by atoms with Crippen LogP contribution in [0.5, 0.6) is 0 Å². The van der Waals surface area contributed by atoms with Crippen molar-refractivity contribution in [3.63, 3.8) is 0 Å². The molecular formula is C17H16BrN3O. The van der Waals surface area contributed by atoms with Gasteiger partial charge in [-0.05, 0) is 37.6 Å². The lowest BCUT2D eigenvalue weighted by molar-refractivity contribution is 0.368. The van der Waals surface area contributed by atoms with E-state index in [1.54, 1.807) is 0 Å². The normalized spacial score (nSPS) is 12.1. The maximum absolute atomic E-state index is 5.37. The molecule has 0 aliphatic carbocycles. The van der Waals surface area contributed by atoms with E-state index in [0.29, 0.717) is 11.7 Å². The van der Waals surface area contributed by atoms with Gasteiger partial charge in [0.1, 0.15) is 6.04 Å². The predicted octanol–water partition coefficient (Wildman–Crippen LogP) is 4.98. The third-order valence-electron chi connectivity index (χ3n) is 3.39. The van der Waals surface area contributed by atoms with Crippen molar-refractivity contribution in [3.05, 3.63) is 64.5 Å². The second kappa shape index (κ2) is 6.32. The van der Waals surface area contributed by atoms with E-state index in [-0.39, 0.29) is 6.04 Å². The second-order valence-electron chi connectivity index (χ2n) is 5.15. The van der Waals surface area contributed by atoms with E-state index in [0.717, 1.165) is 15.7 Å². The van der Waals surface area contributed by atoms with E-state index >= 15 is 0 Å². The highest BCUT2D eigenvalue weighted by molar-refractivity contribution is 9.10. The fraction of sp³-hybridized carbons (Fsp3) is 0.176. The molecule has 1 N–H and O–H groups in total. The van der Waals surface area contributed by atoms with Crippen LogP contribution in [0.3, 0.4) is 0 Å². The number of aromatic nitrogens is 2. The molecule has 0 fully saturated rings. The number of rotatable bonds is 4. The van der Waals surface area contributed by atoms with E-state index in [2.05, 4.69) is 44.4 Å². The first-order valence-electron chi connectivity index (χ1n) is 7.05. The summed E-state index contributed by atoms with van der Waals surface area (Å²) in [5.41, 5.74) is 3.14. The van der Waals surface area contributed by atoms with Gasteiger partial charge in [0.2, 0.25) is 11.7 Å². The molecule has 0 amide bonds. The molecule has 3 rings (SSSR count). The van der Waals surface area contributed by atoms with Gasteiger partial charge in [0.05, 0.1) is 0 Å². The molecule has 0 unspecified atom stereocenters. The molecule has 2 aromatic carbocycles. The number of nitrogens with one attached hydrogen (secondary N) is 1. The standard InChI is InChI=1S/C17H16BrN3O/c1-11-10-14(8-9-15(11)18)19-12(2)17-20-16(21-22-17)13-6-4-3-5-7-13/h3-10,12,19H,1-2H3/t12-/m0/s1. The molecule has 0 radical (unpaired) electrons. The van der Waals surface area contributed by atoms with Gasteiger partial charge in [0, 0.05) is 15.7 Å². The van der Waals surface area contributed by atoms with Crippen molar-refractivity contribution in [2.45, 2.75) is 19.9 Å². The molecule has 1 atom stereocenters. The third-order valence-corrected chi connectivity index (χ3v) is 4.28. The summed E-state index contributed by atoms with van der Waals surface area (Å²) in [6, 6.07) is 15.9. The first-order chi connectivity index (χ1) is 10.6. The molecule has 0 aliphatic heterocycles. The Labute approximate surface area is 137 Å². The van der Waals surface area contributed by atoms with Gasteiger partial charge in [-0.15, -0.1) is 0 Å². The van der Waals surface area contributed by atoms with Crippen molar-refractivity contribution in [1.82, 2.24) is 10.1 Å². The number of anilines is 1. The highest BCUT2D eigenvalue weighted by Crippen LogP contribution is 2.24. The van der Waals surface area contributed by atoms with Crippen LogP contribution in [-0.2, 0) is 0 Å². The first-order valence-corrected chi connectivity index (χ1v) is 7.84. The lowest BCUT2D eigenvalue weighted by atomic mass is 10.2. The average Bonchev–Trinajstić information content (AvgIpc) is 3.02. The van der Waals surface area contributed by atoms with Gasteiger partial charge in [0.25, 0.3) is 0 Å². The maximum Gasteiger partial charge on any atom is 0.249 e. The van der Waals surface area contributed by atoms with Gasteiger partial charge in [0.15, 0.2) is 0 Å². The Bertz CT molecular complexity index is 771. The Kier molecular flexibility index (Phi) is 4.24. The number of nitrogens with zero attached hydrogens (tertiary/aromatic N) is 2. The fourth-order valence-corrected chi connectivity index (χ4v) is 2.41. The Morgan fingerprint density at radius 1 is 1.14 bits per heavy atom. The van der Waals surface area contributed by atoms with Crippen molar-refractivity contribution >= 4 is 21.6 Å². The van der Waals surface area contributed by atoms with Crippen LogP contribution in [-0.4, -0.2) is 10.1 Å². The van der Waals surface area contributed by atoms with Crippen LogP contribution in [0.25, 0.3) is 11.4 Å². The Hall–Kier alpha value is -2.14. The summed E-state index contributed by atoms with van der Waals surface area (Å²) >= 11 is 3.50. The summed E-state index contributed by atoms with van der Waals surface area (Å²) in [5.74, 6) is 1.18. The van der Waals surface area contributed by atoms with E-state index in [1.165, 1.54) is 5.56 Å². The Morgan fingerprint density at radius 2 is 1.91 bits per heavy atom. The van der Waals surface area contributed by atoms with Crippen molar-refractivity contribution in [2.75, 3.05) is 5.32 Å². The number of hydrogen-bond acceptors (Lipinski definition) is 4. The lowest BCUT2D eigenvalue weighted by Crippen LogP contribution is -2.07. The molecule has 1 heterocycles. The number of benzene rings is 2. The molecule has 112 valence electrons. The topological polar surface area (TPSA) is 51.0 Å². The zero-order valence-electron chi connectivity index (χ0n) is 12.4. The molecule has 0 aliphatic rings. The highest BCUT2D eigenvalue weighted by Gasteiger charge is 2.15. The minimum absolute atomic E-state index is 0.0643. The minimum atomic E-state index is -0.0643. The summed E-state index contributed by atoms with van der Waals surface area (Å²) in [5, 5.41) is 7.42. The molecule has 22 heavy (non-hydrogen) atoms. The van der Waals surface area contributed by atoms with Crippen LogP contribution < -0.4 is 5.32 Å². The van der Waals surface area contributed by atoms with Gasteiger partial charge in [-0.3, -0.25) is 0 Å². The summed E-state index contributed by atoms with van der Waals surface area (Å²) in [4.78, 5) is 4.47. The smallest absolute Gasteiger partial charge is 0.249 e. The van der Waals surface area contributed by atoms with E-state index in [9.17, 15) is 0 Å². The molecule has 3 aromatic rings. The molecule has 0 spiro atoms. The number of hydrogen-bond donors (Lipinski definition) is 1. The van der Waals surface area contributed by atoms with Gasteiger partial charge >= 0.3 is 0 Å². The summed E-state index contributed by atoms with van der Waals surface area (Å²) in [6.07, 6.45) is 0. The predicted molar refractivity (Wildman–Crippen MR) is 90.7 cm³/mol. The van der Waals surface area contributed by atoms with Gasteiger partial charge < -0.3 is 9.84 Å². The maximum atomic E-state index is 5.37. The van der Waals surface area contributed by atoms with Crippen LogP contribution in [0.15, 0.2) is 57.5 Å². The lowest BCUT2D eigenvalue weighted by Gasteiger charge is -2.12. The van der Waals surface area contributed by atoms with E-state index < -0.39 is 0 Å². The molecule has 0 saturated carbocycles. The third kappa shape index (κ3) is 3.20. The largest absolute Gasteiger partial charge is 0.374 e. The Morgan fingerprint density at radius 3 is 2.64 bits per heavy atom. The number of halogens is 1. The van der Waals surface area contributed by atoms with E-state index in [1.807, 2.05) is 49.4 Å². The van der Waals surface area contributed by atoms with Crippen LogP contribution in [0.4, 0.5) is 5.69 Å². The van der Waals surface area contributed by atoms with Gasteiger partial charge in [-0.1, -0.05) is 51.4 Å². The van der Waals surface area contributed by atoms with Crippen LogP contribution >= 0.6 is 15.9 Å². The first kappa shape index (κ1) is 14.8. The van der Waals surface area contributed by atoms with Gasteiger partial charge in [-0.2, -0.15) is 4.98 Å². The molecule has 0 saturated heterocycles. The summed E-state index contributed by atoms with van der Waals surface area (Å²) < 4.78 is 6.47. The molecule has 0 bridgehead atoms. The van der Waals surface area contributed by atoms with Crippen molar-refractivity contribution in [1.29, 1.82) is 0 Å². The van der Waals surface area contributed by atoms with E-state index in [4.69, 9.17) is 4.52 Å². The van der Waals surface area contributed by atoms with Crippen molar-refractivity contribution in [2.24, 2.45) is 0 Å². The summed E-state index contributed by atoms with van der Waals surface area (Å²) in [7, 11) is 0. The number of aryl methyl sites for hydroxylation is 1. The van der Waals surface area contributed by atoms with Crippen LogP contribution in [0.1, 0.15) is 24.4 Å². The Balaban J connectivity index is 1.77. The molecular weight excluding hydrogens is 342 g/mol. The van der Waals surface area contributed by atoms with Crippen LogP contribution in [0.2, 0.25) is 0 Å². The highest BCUT2D eigenvalue weighted by atomic mass is 79.9. The fourth-order valence-electron chi connectivity index (χ4n) is 2.16. The monoisotopic (exact) mass is 357 g/mol. The van der Waals surface area contributed by atoms with Crippen molar-refractivity contribution < 1.29 is 4.52 Å². The average molecular weight is 358 g/mol. The summed E-state index contributed by atoms with van der Waals surface area (Å²) in [6.45, 7) is 4.06. The zero-order chi connectivity index (χ0) is 15.5. The molecule has 1 aromatic heterocycles. The second-order valence-corrected chi connectivity index (χ2v) is 6.01. The quantitative estimate of drug-likeness (QED) is 0.715. The van der Waals surface area contributed by atoms with Crippen LogP contribution in [0, 0.1) is 6.92 Å². The minimum Gasteiger partial charge on any atom is -0.374 e. The van der Waals surface area contributed by atoms with Gasteiger partial charge in [-0.25, -0.2) is 0 Å². The van der Waals surface area contributed by atoms with Crippen molar-refractivity contribution in [3.8, 4) is 11.4 Å². The molecule has 4 nitrogen and oxygen atoms in total. The molecule has 5 heteroatoms. The SMILES string of the molecule is Cc1cc(N[C@@H](C)c2nc(-c3ccccc3)no2)ccc1Br.